The van der Waals surface area contributed by atoms with Crippen LogP contribution in [-0.4, -0.2) is 6.54 Å². The monoisotopic (exact) mass is 307 g/mol. The molecule has 0 aliphatic rings. The predicted molar refractivity (Wildman–Crippen MR) is 102 cm³/mol. The number of unbranched alkanes of at least 4 members (excludes halogenated alkanes) is 8. The average Bonchev–Trinajstić information content (AvgIpc) is 2.49. The molecule has 0 unspecified atom stereocenters. The number of allylic oxidation sites excluding steroid dienone is 3. The van der Waals surface area contributed by atoms with Crippen LogP contribution in [-0.2, 0) is 0 Å². The van der Waals surface area contributed by atoms with Gasteiger partial charge in [-0.15, -0.1) is 6.58 Å². The van der Waals surface area contributed by atoms with Gasteiger partial charge in [0.25, 0.3) is 0 Å². The van der Waals surface area contributed by atoms with E-state index in [9.17, 15) is 0 Å². The molecule has 0 bridgehead atoms. The lowest BCUT2D eigenvalue weighted by atomic mass is 9.98. The van der Waals surface area contributed by atoms with Gasteiger partial charge in [-0.1, -0.05) is 55.2 Å². The molecule has 1 nitrogen and oxygen atoms in total. The molecule has 0 aliphatic carbocycles. The summed E-state index contributed by atoms with van der Waals surface area (Å²) >= 11 is 0. The van der Waals surface area contributed by atoms with E-state index in [1.165, 1.54) is 89.0 Å². The van der Waals surface area contributed by atoms with Gasteiger partial charge in [-0.2, -0.15) is 0 Å². The molecule has 0 aromatic carbocycles. The van der Waals surface area contributed by atoms with Gasteiger partial charge in [-0.25, -0.2) is 0 Å². The Balaban J connectivity index is 3.53. The smallest absolute Gasteiger partial charge is 0.00773 e. The van der Waals surface area contributed by atoms with Crippen molar-refractivity contribution < 1.29 is 0 Å². The fourth-order valence-corrected chi connectivity index (χ4v) is 2.84. The van der Waals surface area contributed by atoms with Crippen LogP contribution >= 0.6 is 0 Å². The van der Waals surface area contributed by atoms with E-state index in [4.69, 9.17) is 5.73 Å². The highest BCUT2D eigenvalue weighted by Crippen LogP contribution is 2.19. The zero-order chi connectivity index (χ0) is 16.6. The van der Waals surface area contributed by atoms with E-state index in [0.29, 0.717) is 0 Å². The maximum atomic E-state index is 5.52. The van der Waals surface area contributed by atoms with Crippen molar-refractivity contribution >= 4 is 0 Å². The van der Waals surface area contributed by atoms with Gasteiger partial charge in [0.05, 0.1) is 0 Å². The molecular weight excluding hydrogens is 266 g/mol. The molecule has 0 rings (SSSR count). The second-order valence-corrected chi connectivity index (χ2v) is 7.09. The summed E-state index contributed by atoms with van der Waals surface area (Å²) in [6.45, 7) is 11.6. The Kier molecular flexibility index (Phi) is 14.9. The zero-order valence-electron chi connectivity index (χ0n) is 15.7. The van der Waals surface area contributed by atoms with E-state index < -0.39 is 0 Å². The Morgan fingerprint density at radius 2 is 0.955 bits per heavy atom. The van der Waals surface area contributed by atoms with Crippen LogP contribution in [0.25, 0.3) is 0 Å². The number of hydrogen-bond donors (Lipinski definition) is 1. The van der Waals surface area contributed by atoms with Crippen molar-refractivity contribution in [3.63, 3.8) is 0 Å². The first kappa shape index (κ1) is 21.4. The third-order valence-electron chi connectivity index (χ3n) is 4.64. The summed E-state index contributed by atoms with van der Waals surface area (Å²) in [7, 11) is 0. The summed E-state index contributed by atoms with van der Waals surface area (Å²) < 4.78 is 0. The number of rotatable bonds is 15. The van der Waals surface area contributed by atoms with Gasteiger partial charge in [0.15, 0.2) is 0 Å². The van der Waals surface area contributed by atoms with Gasteiger partial charge in [0.1, 0.15) is 0 Å². The third kappa shape index (κ3) is 14.4. The van der Waals surface area contributed by atoms with Crippen LogP contribution in [0.2, 0.25) is 0 Å². The average molecular weight is 308 g/mol. The Morgan fingerprint density at radius 3 is 1.36 bits per heavy atom. The molecule has 0 heterocycles. The maximum absolute atomic E-state index is 5.52. The summed E-state index contributed by atoms with van der Waals surface area (Å²) in [5.74, 6) is 0. The van der Waals surface area contributed by atoms with Gasteiger partial charge in [0, 0.05) is 0 Å². The van der Waals surface area contributed by atoms with E-state index >= 15 is 0 Å². The summed E-state index contributed by atoms with van der Waals surface area (Å²) in [6.07, 6.45) is 17.2. The van der Waals surface area contributed by atoms with E-state index in [2.05, 4.69) is 27.4 Å². The molecule has 0 aliphatic heterocycles. The highest BCUT2D eigenvalue weighted by Gasteiger charge is 1.99. The third-order valence-corrected chi connectivity index (χ3v) is 4.64. The summed E-state index contributed by atoms with van der Waals surface area (Å²) in [4.78, 5) is 0. The molecule has 130 valence electrons. The maximum Gasteiger partial charge on any atom is -0.00773 e. The second-order valence-electron chi connectivity index (χ2n) is 7.09. The largest absolute Gasteiger partial charge is 0.330 e. The van der Waals surface area contributed by atoms with Gasteiger partial charge in [-0.3, -0.25) is 0 Å². The first-order valence-corrected chi connectivity index (χ1v) is 9.57. The highest BCUT2D eigenvalue weighted by molar-refractivity contribution is 5.09. The standard InChI is InChI=1S/C21H41N/c1-19(2)15-11-7-5-8-12-16-20(3)21(4)17-13-9-6-10-14-18-22/h1,5-18,22H2,2-4H3/b21-20-. The molecule has 0 fully saturated rings. The van der Waals surface area contributed by atoms with Crippen LogP contribution in [0.3, 0.4) is 0 Å². The lowest BCUT2D eigenvalue weighted by molar-refractivity contribution is 0.603. The van der Waals surface area contributed by atoms with Crippen molar-refractivity contribution in [1.29, 1.82) is 0 Å². The van der Waals surface area contributed by atoms with Crippen LogP contribution in [0.5, 0.6) is 0 Å². The van der Waals surface area contributed by atoms with Gasteiger partial charge >= 0.3 is 0 Å². The Bertz CT molecular complexity index is 301. The van der Waals surface area contributed by atoms with Gasteiger partial charge in [-0.05, 0) is 72.3 Å². The minimum Gasteiger partial charge on any atom is -0.330 e. The van der Waals surface area contributed by atoms with Gasteiger partial charge < -0.3 is 5.73 Å². The van der Waals surface area contributed by atoms with E-state index in [-0.39, 0.29) is 0 Å². The topological polar surface area (TPSA) is 26.0 Å². The Hall–Kier alpha value is -0.560. The van der Waals surface area contributed by atoms with E-state index in [1.807, 2.05) is 0 Å². The van der Waals surface area contributed by atoms with Crippen molar-refractivity contribution in [1.82, 2.24) is 0 Å². The van der Waals surface area contributed by atoms with Gasteiger partial charge in [0.2, 0.25) is 0 Å². The minimum absolute atomic E-state index is 0.852. The minimum atomic E-state index is 0.852. The molecule has 0 radical (unpaired) electrons. The molecule has 0 aromatic rings. The molecule has 0 saturated carbocycles. The van der Waals surface area contributed by atoms with E-state index in [1.54, 1.807) is 11.1 Å². The quantitative estimate of drug-likeness (QED) is 0.257. The second kappa shape index (κ2) is 15.3. The molecule has 0 amide bonds. The first-order chi connectivity index (χ1) is 10.6. The summed E-state index contributed by atoms with van der Waals surface area (Å²) in [5, 5.41) is 0. The molecule has 0 saturated heterocycles. The Labute approximate surface area is 140 Å². The lowest BCUT2D eigenvalue weighted by Gasteiger charge is -2.08. The van der Waals surface area contributed by atoms with E-state index in [0.717, 1.165) is 6.54 Å². The molecule has 22 heavy (non-hydrogen) atoms. The molecule has 2 N–H and O–H groups in total. The van der Waals surface area contributed by atoms with Crippen LogP contribution in [0.4, 0.5) is 0 Å². The Morgan fingerprint density at radius 1 is 0.591 bits per heavy atom. The fraction of sp³-hybridized carbons (Fsp3) is 0.810. The normalized spacial score (nSPS) is 12.4. The zero-order valence-corrected chi connectivity index (χ0v) is 15.7. The molecule has 0 atom stereocenters. The van der Waals surface area contributed by atoms with Crippen molar-refractivity contribution in [2.45, 2.75) is 104 Å². The van der Waals surface area contributed by atoms with Crippen molar-refractivity contribution in [3.8, 4) is 0 Å². The first-order valence-electron chi connectivity index (χ1n) is 9.57. The SMILES string of the molecule is C=C(C)CCCCCCC/C(C)=C(/C)CCCCCCCN. The van der Waals surface area contributed by atoms with Crippen molar-refractivity contribution in [2.24, 2.45) is 5.73 Å². The van der Waals surface area contributed by atoms with Crippen LogP contribution in [0, 0.1) is 0 Å². The van der Waals surface area contributed by atoms with Crippen molar-refractivity contribution in [3.05, 3.63) is 23.3 Å². The van der Waals surface area contributed by atoms with Crippen LogP contribution in [0.1, 0.15) is 104 Å². The number of nitrogens with two attached hydrogens (primary N) is 1. The predicted octanol–water partition coefficient (Wildman–Crippen LogP) is 6.93. The summed E-state index contributed by atoms with van der Waals surface area (Å²) in [6, 6.07) is 0. The summed E-state index contributed by atoms with van der Waals surface area (Å²) in [5.41, 5.74) is 10.1. The molecule has 0 aromatic heterocycles. The number of hydrogen-bond acceptors (Lipinski definition) is 1. The fourth-order valence-electron chi connectivity index (χ4n) is 2.84. The van der Waals surface area contributed by atoms with Crippen molar-refractivity contribution in [2.75, 3.05) is 6.54 Å². The molecule has 0 spiro atoms. The molecule has 1 heteroatoms. The molecular formula is C21H41N. The lowest BCUT2D eigenvalue weighted by Crippen LogP contribution is -1.97. The van der Waals surface area contributed by atoms with Crippen LogP contribution in [0.15, 0.2) is 23.3 Å². The van der Waals surface area contributed by atoms with Crippen LogP contribution < -0.4 is 5.73 Å². The highest BCUT2D eigenvalue weighted by atomic mass is 14.5.